The summed E-state index contributed by atoms with van der Waals surface area (Å²) in [6.45, 7) is 7.03. The van der Waals surface area contributed by atoms with Crippen LogP contribution in [0.25, 0.3) is 0 Å². The summed E-state index contributed by atoms with van der Waals surface area (Å²) in [5, 5.41) is 12.7. The predicted molar refractivity (Wildman–Crippen MR) is 126 cm³/mol. The van der Waals surface area contributed by atoms with Gasteiger partial charge in [0.1, 0.15) is 11.6 Å². The predicted octanol–water partition coefficient (Wildman–Crippen LogP) is 5.17. The fourth-order valence-electron chi connectivity index (χ4n) is 2.95. The Balaban J connectivity index is 1.52. The van der Waals surface area contributed by atoms with Crippen LogP contribution in [-0.2, 0) is 17.8 Å². The summed E-state index contributed by atoms with van der Waals surface area (Å²) in [5.74, 6) is 1.84. The van der Waals surface area contributed by atoms with Crippen LogP contribution in [0, 0.1) is 6.92 Å². The fourth-order valence-corrected chi connectivity index (χ4v) is 3.90. The molecule has 0 unspecified atom stereocenters. The molecule has 162 valence electrons. The van der Waals surface area contributed by atoms with Gasteiger partial charge in [0.25, 0.3) is 0 Å². The number of carbonyl (C=O) groups is 1. The first-order chi connectivity index (χ1) is 15.1. The Morgan fingerprint density at radius 1 is 1.26 bits per heavy atom. The zero-order chi connectivity index (χ0) is 22.1. The number of benzene rings is 2. The highest BCUT2D eigenvalue weighted by Crippen LogP contribution is 2.20. The molecule has 6 nitrogen and oxygen atoms in total. The van der Waals surface area contributed by atoms with E-state index in [1.807, 2.05) is 35.8 Å². The van der Waals surface area contributed by atoms with Crippen LogP contribution in [0.1, 0.15) is 17.8 Å². The SMILES string of the molecule is C=CCn1c(CCCOc2ccccc2C)nnc1SCC(=O)Nc1cccc(Cl)c1. The van der Waals surface area contributed by atoms with Crippen LogP contribution in [0.4, 0.5) is 5.69 Å². The molecule has 0 saturated heterocycles. The average molecular weight is 457 g/mol. The van der Waals surface area contributed by atoms with Crippen molar-refractivity contribution < 1.29 is 9.53 Å². The molecule has 1 amide bonds. The Hall–Kier alpha value is -2.77. The van der Waals surface area contributed by atoms with Gasteiger partial charge in [0.05, 0.1) is 12.4 Å². The van der Waals surface area contributed by atoms with Gasteiger partial charge in [-0.15, -0.1) is 16.8 Å². The number of anilines is 1. The topological polar surface area (TPSA) is 69.0 Å². The molecule has 0 saturated carbocycles. The van der Waals surface area contributed by atoms with Crippen molar-refractivity contribution in [3.05, 3.63) is 77.6 Å². The molecule has 1 heterocycles. The summed E-state index contributed by atoms with van der Waals surface area (Å²) < 4.78 is 7.85. The Kier molecular flexibility index (Phi) is 8.55. The number of nitrogens with one attached hydrogen (secondary N) is 1. The second kappa shape index (κ2) is 11.6. The van der Waals surface area contributed by atoms with E-state index < -0.39 is 0 Å². The van der Waals surface area contributed by atoms with Gasteiger partial charge in [-0.05, 0) is 43.2 Å². The number of amides is 1. The Morgan fingerprint density at radius 2 is 2.10 bits per heavy atom. The van der Waals surface area contributed by atoms with Crippen molar-refractivity contribution in [1.29, 1.82) is 0 Å². The lowest BCUT2D eigenvalue weighted by atomic mass is 10.2. The highest BCUT2D eigenvalue weighted by atomic mass is 35.5. The van der Waals surface area contributed by atoms with Gasteiger partial charge in [-0.1, -0.05) is 53.7 Å². The molecular weight excluding hydrogens is 432 g/mol. The number of ether oxygens (including phenoxy) is 1. The van der Waals surface area contributed by atoms with E-state index in [-0.39, 0.29) is 11.7 Å². The second-order valence-electron chi connectivity index (χ2n) is 6.86. The smallest absolute Gasteiger partial charge is 0.234 e. The number of aryl methyl sites for hydroxylation is 2. The molecular formula is C23H25ClN4O2S. The summed E-state index contributed by atoms with van der Waals surface area (Å²) >= 11 is 7.30. The van der Waals surface area contributed by atoms with Gasteiger partial charge in [-0.3, -0.25) is 4.79 Å². The number of hydrogen-bond donors (Lipinski definition) is 1. The van der Waals surface area contributed by atoms with E-state index in [2.05, 4.69) is 22.1 Å². The van der Waals surface area contributed by atoms with E-state index in [1.165, 1.54) is 11.8 Å². The van der Waals surface area contributed by atoms with E-state index >= 15 is 0 Å². The first-order valence-electron chi connectivity index (χ1n) is 9.96. The highest BCUT2D eigenvalue weighted by molar-refractivity contribution is 7.99. The third-order valence-electron chi connectivity index (χ3n) is 4.44. The minimum Gasteiger partial charge on any atom is -0.493 e. The van der Waals surface area contributed by atoms with Crippen LogP contribution >= 0.6 is 23.4 Å². The van der Waals surface area contributed by atoms with E-state index in [0.29, 0.717) is 29.0 Å². The number of halogens is 1. The largest absolute Gasteiger partial charge is 0.493 e. The molecule has 3 aromatic rings. The molecule has 1 N–H and O–H groups in total. The number of aromatic nitrogens is 3. The van der Waals surface area contributed by atoms with Crippen molar-refractivity contribution >= 4 is 35.0 Å². The van der Waals surface area contributed by atoms with Gasteiger partial charge < -0.3 is 14.6 Å². The van der Waals surface area contributed by atoms with Crippen LogP contribution < -0.4 is 10.1 Å². The summed E-state index contributed by atoms with van der Waals surface area (Å²) in [5.41, 5.74) is 1.78. The normalized spacial score (nSPS) is 10.6. The van der Waals surface area contributed by atoms with Gasteiger partial charge >= 0.3 is 0 Å². The monoisotopic (exact) mass is 456 g/mol. The maximum absolute atomic E-state index is 12.3. The molecule has 0 radical (unpaired) electrons. The molecule has 3 rings (SSSR count). The van der Waals surface area contributed by atoms with E-state index in [1.54, 1.807) is 30.3 Å². The van der Waals surface area contributed by atoms with Crippen molar-refractivity contribution in [3.8, 4) is 5.75 Å². The minimum absolute atomic E-state index is 0.131. The van der Waals surface area contributed by atoms with Gasteiger partial charge in [-0.25, -0.2) is 0 Å². The van der Waals surface area contributed by atoms with Crippen LogP contribution in [0.15, 0.2) is 66.3 Å². The van der Waals surface area contributed by atoms with Crippen LogP contribution in [0.2, 0.25) is 5.02 Å². The first kappa shape index (κ1) is 22.9. The second-order valence-corrected chi connectivity index (χ2v) is 8.24. The minimum atomic E-state index is -0.131. The molecule has 2 aromatic carbocycles. The quantitative estimate of drug-likeness (QED) is 0.245. The van der Waals surface area contributed by atoms with E-state index in [9.17, 15) is 4.79 Å². The Labute approximate surface area is 191 Å². The summed E-state index contributed by atoms with van der Waals surface area (Å²) in [6.07, 6.45) is 3.33. The summed E-state index contributed by atoms with van der Waals surface area (Å²) in [4.78, 5) is 12.3. The van der Waals surface area contributed by atoms with Gasteiger partial charge in [0, 0.05) is 23.7 Å². The molecule has 1 aromatic heterocycles. The standard InChI is InChI=1S/C23H25ClN4O2S/c1-3-13-28-21(12-7-14-30-20-11-5-4-8-17(20)2)26-27-23(28)31-16-22(29)25-19-10-6-9-18(24)15-19/h3-6,8-11,15H,1,7,12-14,16H2,2H3,(H,25,29). The number of para-hydroxylation sites is 1. The van der Waals surface area contributed by atoms with Gasteiger partial charge in [0.15, 0.2) is 5.16 Å². The van der Waals surface area contributed by atoms with E-state index in [4.69, 9.17) is 16.3 Å². The Morgan fingerprint density at radius 3 is 2.87 bits per heavy atom. The third-order valence-corrected chi connectivity index (χ3v) is 5.64. The maximum Gasteiger partial charge on any atom is 0.234 e. The number of hydrogen-bond acceptors (Lipinski definition) is 5. The van der Waals surface area contributed by atoms with Crippen LogP contribution in [0.5, 0.6) is 5.75 Å². The molecule has 0 aliphatic rings. The van der Waals surface area contributed by atoms with Crippen molar-refractivity contribution in [2.45, 2.75) is 31.5 Å². The van der Waals surface area contributed by atoms with Crippen molar-refractivity contribution in [3.63, 3.8) is 0 Å². The van der Waals surface area contributed by atoms with Crippen LogP contribution in [-0.4, -0.2) is 33.0 Å². The van der Waals surface area contributed by atoms with Crippen LogP contribution in [0.3, 0.4) is 0 Å². The summed E-state index contributed by atoms with van der Waals surface area (Å²) in [6, 6.07) is 15.0. The molecule has 0 spiro atoms. The van der Waals surface area contributed by atoms with Gasteiger partial charge in [-0.2, -0.15) is 0 Å². The number of rotatable bonds is 11. The Bertz CT molecular complexity index is 1040. The molecule has 0 bridgehead atoms. The van der Waals surface area contributed by atoms with Crippen molar-refractivity contribution in [1.82, 2.24) is 14.8 Å². The molecule has 0 atom stereocenters. The lowest BCUT2D eigenvalue weighted by Crippen LogP contribution is -2.14. The number of allylic oxidation sites excluding steroid dienone is 1. The lowest BCUT2D eigenvalue weighted by molar-refractivity contribution is -0.113. The zero-order valence-corrected chi connectivity index (χ0v) is 19.0. The van der Waals surface area contributed by atoms with Gasteiger partial charge in [0.2, 0.25) is 5.91 Å². The van der Waals surface area contributed by atoms with E-state index in [0.717, 1.165) is 30.0 Å². The molecule has 0 aliphatic carbocycles. The molecule has 31 heavy (non-hydrogen) atoms. The number of carbonyl (C=O) groups excluding carboxylic acids is 1. The highest BCUT2D eigenvalue weighted by Gasteiger charge is 2.14. The molecule has 0 aliphatic heterocycles. The van der Waals surface area contributed by atoms with Crippen molar-refractivity contribution in [2.24, 2.45) is 0 Å². The third kappa shape index (κ3) is 6.87. The number of nitrogens with zero attached hydrogens (tertiary/aromatic N) is 3. The molecule has 0 fully saturated rings. The van der Waals surface area contributed by atoms with Crippen molar-refractivity contribution in [2.75, 3.05) is 17.7 Å². The molecule has 8 heteroatoms. The average Bonchev–Trinajstić information content (AvgIpc) is 3.13. The number of thioether (sulfide) groups is 1. The zero-order valence-electron chi connectivity index (χ0n) is 17.4. The maximum atomic E-state index is 12.3. The first-order valence-corrected chi connectivity index (χ1v) is 11.3. The lowest BCUT2D eigenvalue weighted by Gasteiger charge is -2.10. The summed E-state index contributed by atoms with van der Waals surface area (Å²) in [7, 11) is 0. The fraction of sp³-hybridized carbons (Fsp3) is 0.261.